The number of ether oxygens (including phenoxy) is 1. The highest BCUT2D eigenvalue weighted by Crippen LogP contribution is 2.19. The van der Waals surface area contributed by atoms with Crippen LogP contribution in [0, 0.1) is 6.92 Å². The molecule has 0 fully saturated rings. The van der Waals surface area contributed by atoms with Gasteiger partial charge in [0.1, 0.15) is 10.6 Å². The molecule has 1 aromatic heterocycles. The lowest BCUT2D eigenvalue weighted by Gasteiger charge is -2.08. The Hall–Kier alpha value is -1.93. The van der Waals surface area contributed by atoms with Crippen LogP contribution in [0.25, 0.3) is 0 Å². The van der Waals surface area contributed by atoms with Crippen LogP contribution in [0.1, 0.15) is 33.7 Å². The lowest BCUT2D eigenvalue weighted by molar-refractivity contribution is -0.123. The average molecular weight is 412 g/mol. The average Bonchev–Trinajstić information content (AvgIpc) is 2.93. The number of nitrogens with one attached hydrogen (secondary N) is 2. The highest BCUT2D eigenvalue weighted by atomic mass is 79.9. The van der Waals surface area contributed by atoms with Gasteiger partial charge >= 0.3 is 0 Å². The van der Waals surface area contributed by atoms with Crippen LogP contribution in [0.4, 0.5) is 0 Å². The molecule has 0 aliphatic carbocycles. The van der Waals surface area contributed by atoms with Gasteiger partial charge in [-0.2, -0.15) is 0 Å². The van der Waals surface area contributed by atoms with Crippen molar-refractivity contribution in [3.63, 3.8) is 0 Å². The summed E-state index contributed by atoms with van der Waals surface area (Å²) in [6, 6.07) is 7.11. The number of hydrazine groups is 1. The van der Waals surface area contributed by atoms with Crippen LogP contribution in [0.15, 0.2) is 28.7 Å². The maximum Gasteiger partial charge on any atom is 0.281 e. The zero-order valence-electron chi connectivity index (χ0n) is 13.4. The molecule has 0 spiro atoms. The summed E-state index contributed by atoms with van der Waals surface area (Å²) < 4.78 is 6.25. The third-order valence-electron chi connectivity index (χ3n) is 3.01. The van der Waals surface area contributed by atoms with Gasteiger partial charge in [0.2, 0.25) is 0 Å². The molecule has 6 nitrogen and oxygen atoms in total. The second-order valence-corrected chi connectivity index (χ2v) is 7.02. The van der Waals surface area contributed by atoms with Crippen molar-refractivity contribution in [2.75, 3.05) is 6.61 Å². The summed E-state index contributed by atoms with van der Waals surface area (Å²) in [4.78, 5) is 28.7. The number of thiazole rings is 1. The number of rotatable bonds is 6. The molecule has 128 valence electrons. The normalized spacial score (nSPS) is 10.3. The Morgan fingerprint density at radius 2 is 1.96 bits per heavy atom. The topological polar surface area (TPSA) is 80.3 Å². The van der Waals surface area contributed by atoms with E-state index in [1.54, 1.807) is 19.1 Å². The van der Waals surface area contributed by atoms with E-state index in [1.165, 1.54) is 11.3 Å². The van der Waals surface area contributed by atoms with Crippen LogP contribution >= 0.6 is 27.3 Å². The predicted molar refractivity (Wildman–Crippen MR) is 96.1 cm³/mol. The van der Waals surface area contributed by atoms with Crippen LogP contribution in [0.2, 0.25) is 0 Å². The van der Waals surface area contributed by atoms with Crippen LogP contribution in [0.3, 0.4) is 0 Å². The maximum absolute atomic E-state index is 12.1. The molecule has 0 aliphatic rings. The number of benzene rings is 1. The van der Waals surface area contributed by atoms with Crippen LogP contribution in [-0.4, -0.2) is 23.4 Å². The van der Waals surface area contributed by atoms with Gasteiger partial charge in [-0.05, 0) is 44.0 Å². The van der Waals surface area contributed by atoms with E-state index in [1.807, 2.05) is 12.1 Å². The minimum atomic E-state index is -0.442. The fourth-order valence-electron chi connectivity index (χ4n) is 1.88. The van der Waals surface area contributed by atoms with E-state index in [-0.39, 0.29) is 12.5 Å². The number of aromatic nitrogens is 1. The van der Waals surface area contributed by atoms with Crippen molar-refractivity contribution in [2.24, 2.45) is 0 Å². The van der Waals surface area contributed by atoms with Crippen molar-refractivity contribution in [3.05, 3.63) is 44.3 Å². The summed E-state index contributed by atoms with van der Waals surface area (Å²) in [7, 11) is 0. The van der Waals surface area contributed by atoms with Gasteiger partial charge in [0, 0.05) is 4.47 Å². The van der Waals surface area contributed by atoms with Crippen molar-refractivity contribution >= 4 is 39.1 Å². The van der Waals surface area contributed by atoms with Crippen LogP contribution in [0.5, 0.6) is 5.75 Å². The Morgan fingerprint density at radius 3 is 2.62 bits per heavy atom. The van der Waals surface area contributed by atoms with Gasteiger partial charge in [-0.15, -0.1) is 11.3 Å². The quantitative estimate of drug-likeness (QED) is 0.715. The number of nitrogens with zero attached hydrogens (tertiary/aromatic N) is 1. The molecule has 0 radical (unpaired) electrons. The Kier molecular flexibility index (Phi) is 6.74. The molecule has 8 heteroatoms. The fourth-order valence-corrected chi connectivity index (χ4v) is 3.21. The largest absolute Gasteiger partial charge is 0.484 e. The molecule has 0 unspecified atom stereocenters. The van der Waals surface area contributed by atoms with Crippen LogP contribution < -0.4 is 15.6 Å². The van der Waals surface area contributed by atoms with Gasteiger partial charge < -0.3 is 4.74 Å². The Balaban J connectivity index is 1.80. The van der Waals surface area contributed by atoms with Crippen molar-refractivity contribution in [1.82, 2.24) is 15.8 Å². The molecule has 2 N–H and O–H groups in total. The summed E-state index contributed by atoms with van der Waals surface area (Å²) in [5, 5.41) is 0.921. The number of hydrogen-bond donors (Lipinski definition) is 2. The monoisotopic (exact) mass is 411 g/mol. The predicted octanol–water partition coefficient (Wildman–Crippen LogP) is 3.01. The summed E-state index contributed by atoms with van der Waals surface area (Å²) in [6.07, 6.45) is 1.81. The van der Waals surface area contributed by atoms with E-state index in [0.29, 0.717) is 16.3 Å². The summed E-state index contributed by atoms with van der Waals surface area (Å²) in [5.74, 6) is -0.242. The standard InChI is InChI=1S/C16H18BrN3O3S/c1-3-4-14-18-10(2)15(24-14)16(22)20-19-13(21)9-23-12-7-5-11(17)6-8-12/h5-8H,3-4,9H2,1-2H3,(H,19,21)(H,20,22). The first-order valence-electron chi connectivity index (χ1n) is 7.43. The molecule has 0 aliphatic heterocycles. The maximum atomic E-state index is 12.1. The van der Waals surface area contributed by atoms with E-state index in [2.05, 4.69) is 38.7 Å². The number of carbonyl (C=O) groups excluding carboxylic acids is 2. The third-order valence-corrected chi connectivity index (χ3v) is 4.75. The van der Waals surface area contributed by atoms with E-state index >= 15 is 0 Å². The Bertz CT molecular complexity index is 716. The third kappa shape index (κ3) is 5.31. The first kappa shape index (κ1) is 18.4. The molecule has 0 atom stereocenters. The molecule has 2 rings (SSSR count). The lowest BCUT2D eigenvalue weighted by Crippen LogP contribution is -2.43. The second-order valence-electron chi connectivity index (χ2n) is 5.02. The first-order valence-corrected chi connectivity index (χ1v) is 9.04. The molecule has 2 aromatic rings. The summed E-state index contributed by atoms with van der Waals surface area (Å²) >= 11 is 4.66. The summed E-state index contributed by atoms with van der Waals surface area (Å²) in [6.45, 7) is 3.65. The van der Waals surface area contributed by atoms with Gasteiger partial charge in [0.15, 0.2) is 6.61 Å². The highest BCUT2D eigenvalue weighted by Gasteiger charge is 2.15. The van der Waals surface area contributed by atoms with Gasteiger partial charge in [0.25, 0.3) is 11.8 Å². The number of aryl methyl sites for hydroxylation is 2. The van der Waals surface area contributed by atoms with E-state index in [9.17, 15) is 9.59 Å². The molecule has 1 heterocycles. The van der Waals surface area contributed by atoms with Crippen molar-refractivity contribution in [1.29, 1.82) is 0 Å². The minimum Gasteiger partial charge on any atom is -0.484 e. The molecular formula is C16H18BrN3O3S. The van der Waals surface area contributed by atoms with Gasteiger partial charge in [-0.3, -0.25) is 20.4 Å². The van der Waals surface area contributed by atoms with Gasteiger partial charge in [-0.25, -0.2) is 4.98 Å². The highest BCUT2D eigenvalue weighted by molar-refractivity contribution is 9.10. The Labute approximate surface area is 152 Å². The molecule has 2 amide bonds. The molecule has 0 saturated heterocycles. The van der Waals surface area contributed by atoms with Crippen molar-refractivity contribution in [2.45, 2.75) is 26.7 Å². The SMILES string of the molecule is CCCc1nc(C)c(C(=O)NNC(=O)COc2ccc(Br)cc2)s1. The lowest BCUT2D eigenvalue weighted by atomic mass is 10.3. The smallest absolute Gasteiger partial charge is 0.281 e. The number of halogens is 1. The number of carbonyl (C=O) groups is 2. The number of hydrogen-bond acceptors (Lipinski definition) is 5. The zero-order chi connectivity index (χ0) is 17.5. The van der Waals surface area contributed by atoms with E-state index in [4.69, 9.17) is 4.74 Å². The Morgan fingerprint density at radius 1 is 1.25 bits per heavy atom. The van der Waals surface area contributed by atoms with Gasteiger partial charge in [-0.1, -0.05) is 22.9 Å². The fraction of sp³-hybridized carbons (Fsp3) is 0.312. The minimum absolute atomic E-state index is 0.190. The van der Waals surface area contributed by atoms with Crippen LogP contribution in [-0.2, 0) is 11.2 Å². The molecule has 24 heavy (non-hydrogen) atoms. The molecule has 1 aromatic carbocycles. The molecule has 0 bridgehead atoms. The van der Waals surface area contributed by atoms with Crippen molar-refractivity contribution in [3.8, 4) is 5.75 Å². The van der Waals surface area contributed by atoms with E-state index < -0.39 is 5.91 Å². The van der Waals surface area contributed by atoms with E-state index in [0.717, 1.165) is 22.3 Å². The van der Waals surface area contributed by atoms with Gasteiger partial charge in [0.05, 0.1) is 10.7 Å². The second kappa shape index (κ2) is 8.79. The number of amides is 2. The summed E-state index contributed by atoms with van der Waals surface area (Å²) in [5.41, 5.74) is 5.39. The molecular weight excluding hydrogens is 394 g/mol. The zero-order valence-corrected chi connectivity index (χ0v) is 15.8. The van der Waals surface area contributed by atoms with Crippen molar-refractivity contribution < 1.29 is 14.3 Å². The molecule has 0 saturated carbocycles. The first-order chi connectivity index (χ1) is 11.5.